The second kappa shape index (κ2) is 6.17. The molecule has 3 rings (SSSR count). The summed E-state index contributed by atoms with van der Waals surface area (Å²) in [5.74, 6) is -0.292. The molecule has 3 aromatic rings. The summed E-state index contributed by atoms with van der Waals surface area (Å²) in [5.41, 5.74) is 1.23. The van der Waals surface area contributed by atoms with E-state index in [4.69, 9.17) is 9.47 Å². The van der Waals surface area contributed by atoms with Crippen LogP contribution in [0, 0.1) is 5.82 Å². The molecule has 0 bridgehead atoms. The van der Waals surface area contributed by atoms with Crippen LogP contribution in [0.25, 0.3) is 5.69 Å². The van der Waals surface area contributed by atoms with E-state index >= 15 is 0 Å². The van der Waals surface area contributed by atoms with Crippen molar-refractivity contribution < 1.29 is 13.9 Å². The van der Waals surface area contributed by atoms with Gasteiger partial charge in [-0.25, -0.2) is 19.0 Å². The van der Waals surface area contributed by atoms with Crippen molar-refractivity contribution in [3.63, 3.8) is 0 Å². The smallest absolute Gasteiger partial charge is 0.316 e. The van der Waals surface area contributed by atoms with Crippen LogP contribution in [0.1, 0.15) is 5.69 Å². The molecule has 0 aliphatic heterocycles. The normalized spacial score (nSPS) is 10.5. The standard InChI is InChI=1S/C14H12FN5O2/c1-21-13-7-11(3-4-12(13)15)20-8-10(18-19-20)9-22-14-16-5-2-6-17-14/h2-8H,9H2,1H3. The summed E-state index contributed by atoms with van der Waals surface area (Å²) in [7, 11) is 1.41. The molecule has 0 atom stereocenters. The number of hydrogen-bond donors (Lipinski definition) is 0. The van der Waals surface area contributed by atoms with Gasteiger partial charge in [0.15, 0.2) is 11.6 Å². The average molecular weight is 301 g/mol. The van der Waals surface area contributed by atoms with E-state index in [9.17, 15) is 4.39 Å². The Morgan fingerprint density at radius 1 is 1.23 bits per heavy atom. The van der Waals surface area contributed by atoms with Gasteiger partial charge in [0, 0.05) is 18.5 Å². The highest BCUT2D eigenvalue weighted by Crippen LogP contribution is 2.20. The van der Waals surface area contributed by atoms with Gasteiger partial charge < -0.3 is 9.47 Å². The van der Waals surface area contributed by atoms with Crippen molar-refractivity contribution in [3.8, 4) is 17.4 Å². The predicted octanol–water partition coefficient (Wildman–Crippen LogP) is 1.78. The Labute approximate surface area is 125 Å². The van der Waals surface area contributed by atoms with Gasteiger partial charge in [0.05, 0.1) is 19.0 Å². The minimum Gasteiger partial charge on any atom is -0.494 e. The molecular weight excluding hydrogens is 289 g/mol. The number of methoxy groups -OCH3 is 1. The second-order valence-corrected chi connectivity index (χ2v) is 4.29. The first-order chi connectivity index (χ1) is 10.8. The van der Waals surface area contributed by atoms with Crippen LogP contribution < -0.4 is 9.47 Å². The molecule has 0 unspecified atom stereocenters. The van der Waals surface area contributed by atoms with Gasteiger partial charge in [0.1, 0.15) is 12.3 Å². The van der Waals surface area contributed by atoms with Gasteiger partial charge in [0.2, 0.25) is 0 Å². The number of aromatic nitrogens is 5. The van der Waals surface area contributed by atoms with Crippen molar-refractivity contribution in [3.05, 3.63) is 54.4 Å². The molecule has 7 nitrogen and oxygen atoms in total. The Kier molecular flexibility index (Phi) is 3.90. The average Bonchev–Trinajstić information content (AvgIpc) is 3.03. The first-order valence-electron chi connectivity index (χ1n) is 6.41. The van der Waals surface area contributed by atoms with E-state index in [2.05, 4.69) is 20.3 Å². The van der Waals surface area contributed by atoms with Crippen LogP contribution in [0.4, 0.5) is 4.39 Å². The van der Waals surface area contributed by atoms with Gasteiger partial charge in [-0.2, -0.15) is 0 Å². The lowest BCUT2D eigenvalue weighted by Gasteiger charge is -2.04. The fourth-order valence-electron chi connectivity index (χ4n) is 1.78. The van der Waals surface area contributed by atoms with Gasteiger partial charge >= 0.3 is 6.01 Å². The zero-order valence-electron chi connectivity index (χ0n) is 11.7. The Morgan fingerprint density at radius 3 is 2.82 bits per heavy atom. The van der Waals surface area contributed by atoms with E-state index in [1.165, 1.54) is 23.9 Å². The zero-order valence-corrected chi connectivity index (χ0v) is 11.7. The van der Waals surface area contributed by atoms with Crippen LogP contribution in [0.5, 0.6) is 11.8 Å². The lowest BCUT2D eigenvalue weighted by atomic mass is 10.3. The molecule has 0 saturated carbocycles. The largest absolute Gasteiger partial charge is 0.494 e. The molecule has 0 amide bonds. The van der Waals surface area contributed by atoms with Crippen molar-refractivity contribution >= 4 is 0 Å². The van der Waals surface area contributed by atoms with Crippen LogP contribution in [0.3, 0.4) is 0 Å². The van der Waals surface area contributed by atoms with Gasteiger partial charge in [0.25, 0.3) is 0 Å². The van der Waals surface area contributed by atoms with Crippen LogP contribution in [0.2, 0.25) is 0 Å². The number of ether oxygens (including phenoxy) is 2. The molecule has 0 aliphatic carbocycles. The Bertz CT molecular complexity index is 763. The Morgan fingerprint density at radius 2 is 2.05 bits per heavy atom. The quantitative estimate of drug-likeness (QED) is 0.715. The highest BCUT2D eigenvalue weighted by molar-refractivity contribution is 5.39. The highest BCUT2D eigenvalue weighted by atomic mass is 19.1. The van der Waals surface area contributed by atoms with Gasteiger partial charge in [-0.05, 0) is 18.2 Å². The number of rotatable bonds is 5. The summed E-state index contributed by atoms with van der Waals surface area (Å²) < 4.78 is 25.2. The number of nitrogens with zero attached hydrogens (tertiary/aromatic N) is 5. The molecule has 0 saturated heterocycles. The summed E-state index contributed by atoms with van der Waals surface area (Å²) in [4.78, 5) is 7.89. The lowest BCUT2D eigenvalue weighted by Crippen LogP contribution is -1.99. The summed E-state index contributed by atoms with van der Waals surface area (Å²) in [5, 5.41) is 7.96. The fourth-order valence-corrected chi connectivity index (χ4v) is 1.78. The lowest BCUT2D eigenvalue weighted by molar-refractivity contribution is 0.276. The first-order valence-corrected chi connectivity index (χ1v) is 6.41. The number of halogens is 1. The van der Waals surface area contributed by atoms with Gasteiger partial charge in [-0.15, -0.1) is 5.10 Å². The van der Waals surface area contributed by atoms with Crippen molar-refractivity contribution in [2.75, 3.05) is 7.11 Å². The molecule has 0 N–H and O–H groups in total. The second-order valence-electron chi connectivity index (χ2n) is 4.29. The summed E-state index contributed by atoms with van der Waals surface area (Å²) >= 11 is 0. The van der Waals surface area contributed by atoms with Gasteiger partial charge in [-0.1, -0.05) is 5.21 Å². The minimum absolute atomic E-state index is 0.142. The van der Waals surface area contributed by atoms with Crippen molar-refractivity contribution in [2.45, 2.75) is 6.61 Å². The van der Waals surface area contributed by atoms with Crippen LogP contribution in [-0.2, 0) is 6.61 Å². The van der Waals surface area contributed by atoms with Crippen LogP contribution in [0.15, 0.2) is 42.9 Å². The third-order valence-corrected chi connectivity index (χ3v) is 2.83. The van der Waals surface area contributed by atoms with Crippen LogP contribution >= 0.6 is 0 Å². The molecule has 0 spiro atoms. The maximum Gasteiger partial charge on any atom is 0.316 e. The molecule has 0 radical (unpaired) electrons. The molecule has 2 aromatic heterocycles. The maximum absolute atomic E-state index is 13.4. The number of benzene rings is 1. The molecular formula is C14H12FN5O2. The minimum atomic E-state index is -0.434. The molecule has 8 heteroatoms. The predicted molar refractivity (Wildman–Crippen MR) is 74.2 cm³/mol. The van der Waals surface area contributed by atoms with E-state index in [-0.39, 0.29) is 18.4 Å². The zero-order chi connectivity index (χ0) is 15.4. The highest BCUT2D eigenvalue weighted by Gasteiger charge is 2.08. The van der Waals surface area contributed by atoms with E-state index in [0.29, 0.717) is 11.4 Å². The monoisotopic (exact) mass is 301 g/mol. The van der Waals surface area contributed by atoms with E-state index in [1.807, 2.05) is 0 Å². The fraction of sp³-hybridized carbons (Fsp3) is 0.143. The van der Waals surface area contributed by atoms with Crippen molar-refractivity contribution in [1.29, 1.82) is 0 Å². The summed E-state index contributed by atoms with van der Waals surface area (Å²) in [6, 6.07) is 6.39. The first kappa shape index (κ1) is 13.9. The topological polar surface area (TPSA) is 75.0 Å². The van der Waals surface area contributed by atoms with Crippen molar-refractivity contribution in [2.24, 2.45) is 0 Å². The van der Waals surface area contributed by atoms with Gasteiger partial charge in [-0.3, -0.25) is 0 Å². The SMILES string of the molecule is COc1cc(-n2cc(COc3ncccn3)nn2)ccc1F. The Hall–Kier alpha value is -3.03. The third-order valence-electron chi connectivity index (χ3n) is 2.83. The van der Waals surface area contributed by atoms with E-state index in [0.717, 1.165) is 0 Å². The Balaban J connectivity index is 1.73. The molecule has 112 valence electrons. The third kappa shape index (κ3) is 3.00. The summed E-state index contributed by atoms with van der Waals surface area (Å²) in [6.45, 7) is 0.183. The van der Waals surface area contributed by atoms with Crippen LogP contribution in [-0.4, -0.2) is 32.1 Å². The van der Waals surface area contributed by atoms with E-state index < -0.39 is 5.82 Å². The molecule has 22 heavy (non-hydrogen) atoms. The van der Waals surface area contributed by atoms with Crippen molar-refractivity contribution in [1.82, 2.24) is 25.0 Å². The maximum atomic E-state index is 13.4. The molecule has 1 aromatic carbocycles. The molecule has 2 heterocycles. The molecule has 0 aliphatic rings. The number of hydrogen-bond acceptors (Lipinski definition) is 6. The summed E-state index contributed by atoms with van der Waals surface area (Å²) in [6.07, 6.45) is 4.85. The van der Waals surface area contributed by atoms with E-state index in [1.54, 1.807) is 30.7 Å². The molecule has 0 fully saturated rings.